The molecule has 0 radical (unpaired) electrons. The van der Waals surface area contributed by atoms with Crippen LogP contribution in [0.5, 0.6) is 0 Å². The number of sulfone groups is 1. The van der Waals surface area contributed by atoms with Gasteiger partial charge in [-0.05, 0) is 17.2 Å². The van der Waals surface area contributed by atoms with Crippen molar-refractivity contribution in [1.82, 2.24) is 20.2 Å². The van der Waals surface area contributed by atoms with Gasteiger partial charge in [-0.2, -0.15) is 13.2 Å². The van der Waals surface area contributed by atoms with Gasteiger partial charge in [-0.3, -0.25) is 9.59 Å². The summed E-state index contributed by atoms with van der Waals surface area (Å²) in [6.07, 6.45) is -3.79. The van der Waals surface area contributed by atoms with Crippen LogP contribution in [0.15, 0.2) is 36.7 Å². The fourth-order valence-electron chi connectivity index (χ4n) is 4.35. The molecule has 0 unspecified atom stereocenters. The lowest BCUT2D eigenvalue weighted by molar-refractivity contribution is -0.131. The van der Waals surface area contributed by atoms with E-state index in [9.17, 15) is 31.2 Å². The summed E-state index contributed by atoms with van der Waals surface area (Å²) in [5.41, 5.74) is 1.36. The Hall–Kier alpha value is -3.26. The minimum Gasteiger partial charge on any atom is -0.355 e. The van der Waals surface area contributed by atoms with Gasteiger partial charge in [0, 0.05) is 44.5 Å². The zero-order valence-corrected chi connectivity index (χ0v) is 22.8. The Morgan fingerprint density at radius 1 is 1.05 bits per heavy atom. The van der Waals surface area contributed by atoms with Gasteiger partial charge in [0.1, 0.15) is 17.0 Å². The van der Waals surface area contributed by atoms with Gasteiger partial charge in [0.05, 0.1) is 29.7 Å². The van der Waals surface area contributed by atoms with E-state index in [1.807, 2.05) is 4.90 Å². The Morgan fingerprint density at radius 3 is 2.36 bits per heavy atom. The normalized spacial score (nSPS) is 14.6. The molecule has 2 amide bonds. The second kappa shape index (κ2) is 11.9. The number of carbonyl (C=O) groups excluding carboxylic acids is 2. The number of anilines is 1. The van der Waals surface area contributed by atoms with Gasteiger partial charge < -0.3 is 15.1 Å². The first kappa shape index (κ1) is 28.7. The van der Waals surface area contributed by atoms with Crippen LogP contribution in [0.4, 0.5) is 19.0 Å². The molecular weight excluding hydrogens is 555 g/mol. The predicted octanol–water partition coefficient (Wildman–Crippen LogP) is 2.74. The average molecular weight is 584 g/mol. The number of hydrogen-bond donors (Lipinski definition) is 1. The van der Waals surface area contributed by atoms with Crippen molar-refractivity contribution in [2.75, 3.05) is 43.4 Å². The van der Waals surface area contributed by atoms with Gasteiger partial charge in [-0.25, -0.2) is 18.4 Å². The van der Waals surface area contributed by atoms with E-state index in [4.69, 9.17) is 0 Å². The number of hydrogen-bond acceptors (Lipinski definition) is 8. The maximum absolute atomic E-state index is 12.9. The van der Waals surface area contributed by atoms with Crippen LogP contribution in [0.25, 0.3) is 10.2 Å². The number of thiophene rings is 1. The minimum absolute atomic E-state index is 0.0615. The Morgan fingerprint density at radius 2 is 1.72 bits per heavy atom. The molecule has 0 aliphatic carbocycles. The number of carbonyl (C=O) groups is 2. The summed E-state index contributed by atoms with van der Waals surface area (Å²) in [5, 5.41) is 3.05. The number of aromatic nitrogens is 2. The van der Waals surface area contributed by atoms with E-state index in [-0.39, 0.29) is 41.2 Å². The summed E-state index contributed by atoms with van der Waals surface area (Å²) in [6.45, 7) is 3.23. The van der Waals surface area contributed by atoms with Crippen molar-refractivity contribution in [3.05, 3.63) is 52.7 Å². The lowest BCUT2D eigenvalue weighted by Crippen LogP contribution is -2.49. The molecule has 0 bridgehead atoms. The standard InChI is InChI=1S/C25H28F3N5O4S2/c1-17(34)29-6-11-39(36,37)15-19-4-2-18(3-5-19)12-22(35)32-7-9-33(10-8-32)23-21-13-20(14-25(26,27)28)38-24(21)31-16-30-23/h2-5,13,16H,6-12,14-15H2,1H3,(H,29,34). The smallest absolute Gasteiger partial charge is 0.355 e. The molecule has 1 aliphatic rings. The van der Waals surface area contributed by atoms with E-state index in [2.05, 4.69) is 15.3 Å². The van der Waals surface area contributed by atoms with Crippen LogP contribution in [0.1, 0.15) is 22.9 Å². The Labute approximate surface area is 228 Å². The predicted molar refractivity (Wildman–Crippen MR) is 142 cm³/mol. The van der Waals surface area contributed by atoms with E-state index < -0.39 is 22.4 Å². The highest BCUT2D eigenvalue weighted by molar-refractivity contribution is 7.90. The zero-order chi connectivity index (χ0) is 28.2. The zero-order valence-electron chi connectivity index (χ0n) is 21.2. The number of amides is 2. The highest BCUT2D eigenvalue weighted by Crippen LogP contribution is 2.34. The molecule has 2 aromatic heterocycles. The number of fused-ring (bicyclic) bond motifs is 1. The third kappa shape index (κ3) is 8.12. The summed E-state index contributed by atoms with van der Waals surface area (Å²) < 4.78 is 63.0. The van der Waals surface area contributed by atoms with Crippen LogP contribution >= 0.6 is 11.3 Å². The topological polar surface area (TPSA) is 113 Å². The molecule has 1 fully saturated rings. The average Bonchev–Trinajstić information content (AvgIpc) is 3.25. The molecule has 1 aliphatic heterocycles. The number of halogens is 3. The lowest BCUT2D eigenvalue weighted by atomic mass is 10.1. The molecule has 14 heteroatoms. The van der Waals surface area contributed by atoms with Crippen molar-refractivity contribution in [2.45, 2.75) is 31.7 Å². The molecule has 9 nitrogen and oxygen atoms in total. The van der Waals surface area contributed by atoms with E-state index in [0.29, 0.717) is 47.8 Å². The van der Waals surface area contributed by atoms with Crippen molar-refractivity contribution in [1.29, 1.82) is 0 Å². The number of rotatable bonds is 9. The molecule has 4 rings (SSSR count). The third-order valence-electron chi connectivity index (χ3n) is 6.22. The highest BCUT2D eigenvalue weighted by atomic mass is 32.2. The van der Waals surface area contributed by atoms with Crippen LogP contribution in [-0.4, -0.2) is 79.8 Å². The maximum atomic E-state index is 12.9. The number of alkyl halides is 3. The SMILES string of the molecule is CC(=O)NCCS(=O)(=O)Cc1ccc(CC(=O)N2CCN(c3ncnc4sc(CC(F)(F)F)cc34)CC2)cc1. The highest BCUT2D eigenvalue weighted by Gasteiger charge is 2.30. The van der Waals surface area contributed by atoms with Crippen LogP contribution < -0.4 is 10.2 Å². The monoisotopic (exact) mass is 583 g/mol. The van der Waals surface area contributed by atoms with E-state index in [1.54, 1.807) is 29.2 Å². The first-order valence-corrected chi connectivity index (χ1v) is 14.9. The molecule has 210 valence electrons. The van der Waals surface area contributed by atoms with Gasteiger partial charge in [0.25, 0.3) is 0 Å². The molecule has 1 saturated heterocycles. The molecule has 39 heavy (non-hydrogen) atoms. The summed E-state index contributed by atoms with van der Waals surface area (Å²) in [4.78, 5) is 36.6. The number of piperazine rings is 1. The fraction of sp³-hybridized carbons (Fsp3) is 0.440. The fourth-order valence-corrected chi connectivity index (χ4v) is 6.62. The van der Waals surface area contributed by atoms with Gasteiger partial charge in [-0.1, -0.05) is 24.3 Å². The molecule has 1 aromatic carbocycles. The number of nitrogens with one attached hydrogen (secondary N) is 1. The van der Waals surface area contributed by atoms with Gasteiger partial charge in [0.15, 0.2) is 9.84 Å². The maximum Gasteiger partial charge on any atom is 0.393 e. The van der Waals surface area contributed by atoms with Gasteiger partial charge >= 0.3 is 6.18 Å². The van der Waals surface area contributed by atoms with Crippen LogP contribution in [-0.2, 0) is 38.0 Å². The first-order chi connectivity index (χ1) is 18.4. The Balaban J connectivity index is 1.31. The molecule has 0 spiro atoms. The molecule has 1 N–H and O–H groups in total. The van der Waals surface area contributed by atoms with E-state index >= 15 is 0 Å². The summed E-state index contributed by atoms with van der Waals surface area (Å²) >= 11 is 1.01. The van der Waals surface area contributed by atoms with Crippen molar-refractivity contribution in [2.24, 2.45) is 0 Å². The number of nitrogens with zero attached hydrogens (tertiary/aromatic N) is 4. The summed E-state index contributed by atoms with van der Waals surface area (Å²) in [6, 6.07) is 8.34. The summed E-state index contributed by atoms with van der Waals surface area (Å²) in [5.74, 6) is -0.0881. The second-order valence-corrected chi connectivity index (χ2v) is 12.7. The van der Waals surface area contributed by atoms with Crippen molar-refractivity contribution < 1.29 is 31.2 Å². The molecule has 3 heterocycles. The molecule has 0 saturated carbocycles. The molecule has 0 atom stereocenters. The van der Waals surface area contributed by atoms with E-state index in [0.717, 1.165) is 16.9 Å². The Kier molecular flexibility index (Phi) is 8.74. The number of benzene rings is 1. The van der Waals surface area contributed by atoms with E-state index in [1.165, 1.54) is 19.3 Å². The minimum atomic E-state index is -4.30. The third-order valence-corrected chi connectivity index (χ3v) is 8.86. The van der Waals surface area contributed by atoms with Gasteiger partial charge in [-0.15, -0.1) is 11.3 Å². The Bertz CT molecular complexity index is 1430. The molecule has 3 aromatic rings. The largest absolute Gasteiger partial charge is 0.393 e. The first-order valence-electron chi connectivity index (χ1n) is 12.2. The van der Waals surface area contributed by atoms with Crippen molar-refractivity contribution in [3.63, 3.8) is 0 Å². The quantitative estimate of drug-likeness (QED) is 0.412. The second-order valence-electron chi connectivity index (χ2n) is 9.36. The van der Waals surface area contributed by atoms with Crippen molar-refractivity contribution in [3.8, 4) is 0 Å². The summed E-state index contributed by atoms with van der Waals surface area (Å²) in [7, 11) is -3.39. The van der Waals surface area contributed by atoms with Crippen LogP contribution in [0.3, 0.4) is 0 Å². The van der Waals surface area contributed by atoms with Gasteiger partial charge in [0.2, 0.25) is 11.8 Å². The van der Waals surface area contributed by atoms with Crippen LogP contribution in [0, 0.1) is 0 Å². The van der Waals surface area contributed by atoms with Crippen LogP contribution in [0.2, 0.25) is 0 Å². The lowest BCUT2D eigenvalue weighted by Gasteiger charge is -2.35. The van der Waals surface area contributed by atoms with Crippen molar-refractivity contribution >= 4 is 49.0 Å². The molecular formula is C25H28F3N5O4S2.